The van der Waals surface area contributed by atoms with Crippen molar-refractivity contribution < 1.29 is 9.59 Å². The highest BCUT2D eigenvalue weighted by atomic mass is 16.2. The van der Waals surface area contributed by atoms with Crippen molar-refractivity contribution in [1.29, 1.82) is 0 Å². The summed E-state index contributed by atoms with van der Waals surface area (Å²) in [6.07, 6.45) is 8.05. The van der Waals surface area contributed by atoms with Gasteiger partial charge in [0.2, 0.25) is 11.8 Å². The van der Waals surface area contributed by atoms with E-state index in [-0.39, 0.29) is 24.2 Å². The zero-order valence-electron chi connectivity index (χ0n) is 16.3. The van der Waals surface area contributed by atoms with E-state index in [1.54, 1.807) is 23.6 Å². The van der Waals surface area contributed by atoms with Gasteiger partial charge in [-0.25, -0.2) is 9.97 Å². The predicted octanol–water partition coefficient (Wildman–Crippen LogP) is 2.50. The maximum atomic E-state index is 12.7. The summed E-state index contributed by atoms with van der Waals surface area (Å²) in [6.45, 7) is 2.84. The summed E-state index contributed by atoms with van der Waals surface area (Å²) >= 11 is 0. The Kier molecular flexibility index (Phi) is 5.37. The van der Waals surface area contributed by atoms with Crippen molar-refractivity contribution in [3.05, 3.63) is 72.4 Å². The Hall–Kier alpha value is -3.48. The first-order valence-corrected chi connectivity index (χ1v) is 9.75. The van der Waals surface area contributed by atoms with Crippen LogP contribution >= 0.6 is 0 Å². The first-order valence-electron chi connectivity index (χ1n) is 9.75. The highest BCUT2D eigenvalue weighted by Crippen LogP contribution is 2.26. The van der Waals surface area contributed by atoms with Crippen molar-refractivity contribution >= 4 is 17.5 Å². The number of pyridine rings is 1. The number of nitrogens with zero attached hydrogens (tertiary/aromatic N) is 4. The maximum absolute atomic E-state index is 12.7. The lowest BCUT2D eigenvalue weighted by Crippen LogP contribution is -2.33. The molecule has 0 aliphatic carbocycles. The fraction of sp³-hybridized carbons (Fsp3) is 0.273. The monoisotopic (exact) mass is 389 g/mol. The molecule has 1 aromatic carbocycles. The molecule has 29 heavy (non-hydrogen) atoms. The van der Waals surface area contributed by atoms with E-state index in [9.17, 15) is 9.59 Å². The highest BCUT2D eigenvalue weighted by molar-refractivity contribution is 6.00. The third-order valence-corrected chi connectivity index (χ3v) is 5.22. The zero-order chi connectivity index (χ0) is 20.2. The normalized spacial score (nSPS) is 16.2. The van der Waals surface area contributed by atoms with Gasteiger partial charge in [-0.05, 0) is 30.2 Å². The number of hydrogen-bond donors (Lipinski definition) is 1. The average Bonchev–Trinajstić information content (AvgIpc) is 3.42. The lowest BCUT2D eigenvalue weighted by Gasteiger charge is -2.17. The molecule has 1 fully saturated rings. The maximum Gasteiger partial charge on any atom is 0.227 e. The lowest BCUT2D eigenvalue weighted by molar-refractivity contribution is -0.126. The molecular weight excluding hydrogens is 366 g/mol. The number of anilines is 1. The highest BCUT2D eigenvalue weighted by Gasteiger charge is 2.35. The largest absolute Gasteiger partial charge is 0.352 e. The van der Waals surface area contributed by atoms with E-state index in [1.165, 1.54) is 5.56 Å². The van der Waals surface area contributed by atoms with Crippen LogP contribution in [-0.4, -0.2) is 32.9 Å². The van der Waals surface area contributed by atoms with Crippen molar-refractivity contribution in [2.45, 2.75) is 26.3 Å². The van der Waals surface area contributed by atoms with Crippen LogP contribution in [0.3, 0.4) is 0 Å². The van der Waals surface area contributed by atoms with Crippen LogP contribution in [0.1, 0.15) is 24.5 Å². The first-order chi connectivity index (χ1) is 14.2. The van der Waals surface area contributed by atoms with Gasteiger partial charge in [-0.3, -0.25) is 14.2 Å². The van der Waals surface area contributed by atoms with Gasteiger partial charge in [-0.1, -0.05) is 25.1 Å². The van der Waals surface area contributed by atoms with Gasteiger partial charge < -0.3 is 10.2 Å². The van der Waals surface area contributed by atoms with Gasteiger partial charge in [-0.15, -0.1) is 0 Å². The molecule has 1 unspecified atom stereocenters. The minimum atomic E-state index is -0.360. The number of carbonyl (C=O) groups is 2. The molecule has 7 heteroatoms. The number of rotatable bonds is 6. The van der Waals surface area contributed by atoms with Crippen molar-refractivity contribution in [1.82, 2.24) is 19.9 Å². The van der Waals surface area contributed by atoms with Crippen LogP contribution in [0.5, 0.6) is 0 Å². The molecule has 7 nitrogen and oxygen atoms in total. The van der Waals surface area contributed by atoms with Crippen LogP contribution in [-0.2, 0) is 22.6 Å². The van der Waals surface area contributed by atoms with Crippen molar-refractivity contribution in [3.8, 4) is 5.82 Å². The van der Waals surface area contributed by atoms with Crippen molar-refractivity contribution in [2.24, 2.45) is 5.92 Å². The molecule has 2 aromatic heterocycles. The average molecular weight is 389 g/mol. The molecule has 3 aromatic rings. The molecule has 148 valence electrons. The van der Waals surface area contributed by atoms with Crippen molar-refractivity contribution in [3.63, 3.8) is 0 Å². The smallest absolute Gasteiger partial charge is 0.227 e. The Morgan fingerprint density at radius 1 is 1.21 bits per heavy atom. The minimum Gasteiger partial charge on any atom is -0.352 e. The third-order valence-electron chi connectivity index (χ3n) is 5.22. The van der Waals surface area contributed by atoms with E-state index in [1.807, 2.05) is 47.2 Å². The summed E-state index contributed by atoms with van der Waals surface area (Å²) < 4.78 is 1.81. The Labute approximate surface area is 169 Å². The summed E-state index contributed by atoms with van der Waals surface area (Å²) in [6, 6.07) is 11.7. The molecule has 0 bridgehead atoms. The Balaban J connectivity index is 1.40. The van der Waals surface area contributed by atoms with Gasteiger partial charge >= 0.3 is 0 Å². The van der Waals surface area contributed by atoms with E-state index in [2.05, 4.69) is 22.2 Å². The van der Waals surface area contributed by atoms with Gasteiger partial charge in [0.25, 0.3) is 0 Å². The molecule has 1 atom stereocenters. The molecular formula is C22H23N5O2. The number of hydrogen-bond acceptors (Lipinski definition) is 4. The quantitative estimate of drug-likeness (QED) is 0.702. The number of aryl methyl sites for hydroxylation is 1. The number of aromatic nitrogens is 3. The van der Waals surface area contributed by atoms with Crippen LogP contribution in [0, 0.1) is 5.92 Å². The number of amides is 2. The topological polar surface area (TPSA) is 80.1 Å². The Bertz CT molecular complexity index is 998. The van der Waals surface area contributed by atoms with Gasteiger partial charge in [-0.2, -0.15) is 0 Å². The molecule has 1 saturated heterocycles. The summed E-state index contributed by atoms with van der Waals surface area (Å²) in [5, 5.41) is 2.96. The van der Waals surface area contributed by atoms with Crippen LogP contribution in [0.2, 0.25) is 0 Å². The number of nitrogens with one attached hydrogen (secondary N) is 1. The van der Waals surface area contributed by atoms with Crippen LogP contribution in [0.15, 0.2) is 61.3 Å². The molecule has 0 radical (unpaired) electrons. The summed E-state index contributed by atoms with van der Waals surface area (Å²) in [4.78, 5) is 35.3. The molecule has 1 aliphatic heterocycles. The van der Waals surface area contributed by atoms with E-state index in [0.29, 0.717) is 13.1 Å². The second kappa shape index (κ2) is 8.26. The van der Waals surface area contributed by atoms with E-state index < -0.39 is 0 Å². The van der Waals surface area contributed by atoms with E-state index >= 15 is 0 Å². The number of imidazole rings is 1. The van der Waals surface area contributed by atoms with Gasteiger partial charge in [0.15, 0.2) is 0 Å². The van der Waals surface area contributed by atoms with Crippen LogP contribution in [0.25, 0.3) is 5.82 Å². The summed E-state index contributed by atoms with van der Waals surface area (Å²) in [7, 11) is 0. The van der Waals surface area contributed by atoms with Crippen molar-refractivity contribution in [2.75, 3.05) is 11.4 Å². The summed E-state index contributed by atoms with van der Waals surface area (Å²) in [5.41, 5.74) is 2.95. The fourth-order valence-corrected chi connectivity index (χ4v) is 3.56. The SMILES string of the molecule is CCc1ccc(N2CC(C(=O)NCc3cccnc3-n3ccnc3)CC2=O)cc1. The van der Waals surface area contributed by atoms with Gasteiger partial charge in [0.1, 0.15) is 12.1 Å². The Morgan fingerprint density at radius 3 is 2.76 bits per heavy atom. The molecule has 0 saturated carbocycles. The molecule has 0 spiro atoms. The molecule has 3 heterocycles. The second-order valence-electron chi connectivity index (χ2n) is 7.10. The molecule has 1 aliphatic rings. The predicted molar refractivity (Wildman–Crippen MR) is 109 cm³/mol. The minimum absolute atomic E-state index is 0.0186. The van der Waals surface area contributed by atoms with Crippen LogP contribution < -0.4 is 10.2 Å². The Morgan fingerprint density at radius 2 is 2.03 bits per heavy atom. The number of benzene rings is 1. The molecule has 2 amide bonds. The van der Waals surface area contributed by atoms with Gasteiger partial charge in [0.05, 0.1) is 5.92 Å². The first kappa shape index (κ1) is 18.9. The van der Waals surface area contributed by atoms with Crippen LogP contribution in [0.4, 0.5) is 5.69 Å². The fourth-order valence-electron chi connectivity index (χ4n) is 3.56. The third kappa shape index (κ3) is 4.03. The van der Waals surface area contributed by atoms with Gasteiger partial charge in [0, 0.05) is 49.4 Å². The molecule has 1 N–H and O–H groups in total. The lowest BCUT2D eigenvalue weighted by atomic mass is 10.1. The van der Waals surface area contributed by atoms with E-state index in [4.69, 9.17) is 0 Å². The zero-order valence-corrected chi connectivity index (χ0v) is 16.3. The number of carbonyl (C=O) groups excluding carboxylic acids is 2. The summed E-state index contributed by atoms with van der Waals surface area (Å²) in [5.74, 6) is 0.230. The standard InChI is InChI=1S/C22H23N5O2/c1-2-16-5-7-19(8-6-16)27-14-18(12-20(27)28)22(29)25-13-17-4-3-9-24-21(17)26-11-10-23-15-26/h3-11,15,18H,2,12-14H2,1H3,(H,25,29). The second-order valence-corrected chi connectivity index (χ2v) is 7.10. The molecule has 4 rings (SSSR count). The van der Waals surface area contributed by atoms with E-state index in [0.717, 1.165) is 23.5 Å².